The Hall–Kier alpha value is -1.08. The maximum absolute atomic E-state index is 11.1. The molecule has 8 heteroatoms. The SMILES string of the molecule is CN1CCN([C@@H]2CCN(c3ncc(Cl)cc3Cl)C[C@@H]2CCC(=O)O)CC1. The lowest BCUT2D eigenvalue weighted by atomic mass is 9.86. The fraction of sp³-hybridized carbons (Fsp3) is 0.667. The number of hydrogen-bond donors (Lipinski definition) is 1. The summed E-state index contributed by atoms with van der Waals surface area (Å²) in [5.41, 5.74) is 0. The van der Waals surface area contributed by atoms with Crippen LogP contribution < -0.4 is 4.90 Å². The molecular weight excluding hydrogens is 375 g/mol. The summed E-state index contributed by atoms with van der Waals surface area (Å²) in [6, 6.07) is 2.13. The van der Waals surface area contributed by atoms with Gasteiger partial charge in [0.15, 0.2) is 0 Å². The molecule has 2 saturated heterocycles. The minimum atomic E-state index is -0.734. The number of carboxylic acids is 1. The molecule has 2 atom stereocenters. The molecule has 6 nitrogen and oxygen atoms in total. The molecule has 2 aliphatic rings. The molecule has 0 aliphatic carbocycles. The number of halogens is 2. The lowest BCUT2D eigenvalue weighted by Crippen LogP contribution is -2.56. The summed E-state index contributed by atoms with van der Waals surface area (Å²) in [5, 5.41) is 10.2. The van der Waals surface area contributed by atoms with Crippen LogP contribution in [0.15, 0.2) is 12.3 Å². The van der Waals surface area contributed by atoms with Crippen molar-refractivity contribution < 1.29 is 9.90 Å². The monoisotopic (exact) mass is 400 g/mol. The summed E-state index contributed by atoms with van der Waals surface area (Å²) in [6.45, 7) is 5.87. The van der Waals surface area contributed by atoms with Gasteiger partial charge in [-0.3, -0.25) is 9.69 Å². The number of anilines is 1. The van der Waals surface area contributed by atoms with Crippen LogP contribution in [0.25, 0.3) is 0 Å². The Bertz CT molecular complexity index is 638. The van der Waals surface area contributed by atoms with E-state index in [1.807, 2.05) is 0 Å². The van der Waals surface area contributed by atoms with Crippen LogP contribution in [0.1, 0.15) is 19.3 Å². The molecule has 0 unspecified atom stereocenters. The Morgan fingerprint density at radius 3 is 2.65 bits per heavy atom. The number of hydrogen-bond acceptors (Lipinski definition) is 5. The van der Waals surface area contributed by atoms with Crippen LogP contribution in [0.3, 0.4) is 0 Å². The fourth-order valence-electron chi connectivity index (χ4n) is 4.08. The lowest BCUT2D eigenvalue weighted by Gasteiger charge is -2.46. The Balaban J connectivity index is 1.73. The summed E-state index contributed by atoms with van der Waals surface area (Å²) < 4.78 is 0. The van der Waals surface area contributed by atoms with Gasteiger partial charge in [-0.25, -0.2) is 4.98 Å². The van der Waals surface area contributed by atoms with Gasteiger partial charge in [-0.15, -0.1) is 0 Å². The molecule has 2 fully saturated rings. The fourth-order valence-corrected chi connectivity index (χ4v) is 4.58. The van der Waals surface area contributed by atoms with Gasteiger partial charge in [0.05, 0.1) is 10.0 Å². The van der Waals surface area contributed by atoms with Gasteiger partial charge in [0.2, 0.25) is 0 Å². The number of likely N-dealkylation sites (N-methyl/N-ethyl adjacent to an activating group) is 1. The molecule has 1 N–H and O–H groups in total. The van der Waals surface area contributed by atoms with Gasteiger partial charge in [-0.05, 0) is 31.9 Å². The largest absolute Gasteiger partial charge is 0.481 e. The zero-order valence-corrected chi connectivity index (χ0v) is 16.6. The third kappa shape index (κ3) is 4.80. The van der Waals surface area contributed by atoms with Crippen molar-refractivity contribution in [3.63, 3.8) is 0 Å². The van der Waals surface area contributed by atoms with Crippen LogP contribution in [-0.4, -0.2) is 78.2 Å². The summed E-state index contributed by atoms with van der Waals surface area (Å²) >= 11 is 12.3. The number of pyridine rings is 1. The minimum Gasteiger partial charge on any atom is -0.481 e. The van der Waals surface area contributed by atoms with Gasteiger partial charge in [-0.1, -0.05) is 23.2 Å². The first-order valence-corrected chi connectivity index (χ1v) is 9.90. The second kappa shape index (κ2) is 8.74. The highest BCUT2D eigenvalue weighted by atomic mass is 35.5. The predicted octanol–water partition coefficient (Wildman–Crippen LogP) is 2.70. The quantitative estimate of drug-likeness (QED) is 0.819. The van der Waals surface area contributed by atoms with E-state index < -0.39 is 5.97 Å². The van der Waals surface area contributed by atoms with E-state index in [0.29, 0.717) is 22.5 Å². The Kier molecular flexibility index (Phi) is 6.61. The van der Waals surface area contributed by atoms with E-state index in [1.165, 1.54) is 0 Å². The average Bonchev–Trinajstić information content (AvgIpc) is 2.60. The second-order valence-corrected chi connectivity index (χ2v) is 8.14. The van der Waals surface area contributed by atoms with E-state index in [-0.39, 0.29) is 12.3 Å². The maximum atomic E-state index is 11.1. The van der Waals surface area contributed by atoms with E-state index >= 15 is 0 Å². The van der Waals surface area contributed by atoms with Gasteiger partial charge < -0.3 is 14.9 Å². The molecule has 0 amide bonds. The van der Waals surface area contributed by atoms with Crippen LogP contribution in [0.4, 0.5) is 5.82 Å². The van der Waals surface area contributed by atoms with Crippen LogP contribution >= 0.6 is 23.2 Å². The number of aromatic nitrogens is 1. The highest BCUT2D eigenvalue weighted by molar-refractivity contribution is 6.36. The number of rotatable bonds is 5. The highest BCUT2D eigenvalue weighted by Crippen LogP contribution is 2.33. The molecule has 0 spiro atoms. The number of carboxylic acid groups (broad SMARTS) is 1. The Labute approximate surface area is 164 Å². The molecule has 0 saturated carbocycles. The molecule has 26 heavy (non-hydrogen) atoms. The Morgan fingerprint density at radius 2 is 2.00 bits per heavy atom. The van der Waals surface area contributed by atoms with Crippen molar-refractivity contribution in [2.24, 2.45) is 5.92 Å². The number of nitrogens with zero attached hydrogens (tertiary/aromatic N) is 4. The van der Waals surface area contributed by atoms with Crippen molar-refractivity contribution in [3.05, 3.63) is 22.3 Å². The number of piperazine rings is 1. The number of piperidine rings is 1. The summed E-state index contributed by atoms with van der Waals surface area (Å²) in [7, 11) is 2.15. The molecule has 1 aromatic rings. The molecule has 0 aromatic carbocycles. The first-order valence-electron chi connectivity index (χ1n) is 9.14. The molecule has 3 heterocycles. The predicted molar refractivity (Wildman–Crippen MR) is 104 cm³/mol. The van der Waals surface area contributed by atoms with E-state index in [1.54, 1.807) is 12.3 Å². The first-order chi connectivity index (χ1) is 12.4. The Morgan fingerprint density at radius 1 is 1.27 bits per heavy atom. The second-order valence-electron chi connectivity index (χ2n) is 7.29. The molecule has 144 valence electrons. The van der Waals surface area contributed by atoms with Gasteiger partial charge in [0.25, 0.3) is 0 Å². The lowest BCUT2D eigenvalue weighted by molar-refractivity contribution is -0.137. The topological polar surface area (TPSA) is 59.9 Å². The van der Waals surface area contributed by atoms with E-state index in [4.69, 9.17) is 28.3 Å². The summed E-state index contributed by atoms with van der Waals surface area (Å²) in [5.74, 6) is 0.298. The zero-order valence-electron chi connectivity index (χ0n) is 15.1. The maximum Gasteiger partial charge on any atom is 0.303 e. The van der Waals surface area contributed by atoms with E-state index in [0.717, 1.165) is 51.5 Å². The minimum absolute atomic E-state index is 0.199. The highest BCUT2D eigenvalue weighted by Gasteiger charge is 2.35. The van der Waals surface area contributed by atoms with Crippen molar-refractivity contribution in [3.8, 4) is 0 Å². The molecule has 0 radical (unpaired) electrons. The normalized spacial score (nSPS) is 25.4. The molecule has 1 aromatic heterocycles. The smallest absolute Gasteiger partial charge is 0.303 e. The van der Waals surface area contributed by atoms with Gasteiger partial charge >= 0.3 is 5.97 Å². The van der Waals surface area contributed by atoms with Crippen molar-refractivity contribution in [2.45, 2.75) is 25.3 Å². The summed E-state index contributed by atoms with van der Waals surface area (Å²) in [4.78, 5) is 22.6. The average molecular weight is 401 g/mol. The summed E-state index contributed by atoms with van der Waals surface area (Å²) in [6.07, 6.45) is 3.48. The van der Waals surface area contributed by atoms with Crippen LogP contribution in [0, 0.1) is 5.92 Å². The standard InChI is InChI=1S/C18H26Cl2N4O2/c1-22-6-8-23(9-7-22)16-4-5-24(12-13(16)2-3-17(25)26)18-15(20)10-14(19)11-21-18/h10-11,13,16H,2-9,12H2,1H3,(H,25,26)/t13-,16+/m0/s1. The van der Waals surface area contributed by atoms with Crippen molar-refractivity contribution in [2.75, 3.05) is 51.2 Å². The number of aliphatic carboxylic acids is 1. The molecule has 0 bridgehead atoms. The van der Waals surface area contributed by atoms with Crippen LogP contribution in [0.2, 0.25) is 10.0 Å². The molecule has 3 rings (SSSR count). The van der Waals surface area contributed by atoms with E-state index in [9.17, 15) is 4.79 Å². The number of carbonyl (C=O) groups is 1. The zero-order chi connectivity index (χ0) is 18.7. The van der Waals surface area contributed by atoms with Gasteiger partial charge in [0.1, 0.15) is 5.82 Å². The molecule has 2 aliphatic heterocycles. The third-order valence-corrected chi connectivity index (χ3v) is 6.00. The van der Waals surface area contributed by atoms with E-state index in [2.05, 4.69) is 26.7 Å². The third-order valence-electron chi connectivity index (χ3n) is 5.52. The van der Waals surface area contributed by atoms with Gasteiger partial charge in [-0.2, -0.15) is 0 Å². The molecular formula is C18H26Cl2N4O2. The van der Waals surface area contributed by atoms with Crippen LogP contribution in [0.5, 0.6) is 0 Å². The van der Waals surface area contributed by atoms with Crippen molar-refractivity contribution in [1.29, 1.82) is 0 Å². The first kappa shape index (κ1) is 19.7. The van der Waals surface area contributed by atoms with Gasteiger partial charge in [0, 0.05) is 57.9 Å². The van der Waals surface area contributed by atoms with Crippen molar-refractivity contribution in [1.82, 2.24) is 14.8 Å². The van der Waals surface area contributed by atoms with Crippen molar-refractivity contribution >= 4 is 35.0 Å². The van der Waals surface area contributed by atoms with Crippen LogP contribution in [-0.2, 0) is 4.79 Å².